The fourth-order valence-corrected chi connectivity index (χ4v) is 14.3. The zero-order valence-electron chi connectivity index (χ0n) is 38.6. The van der Waals surface area contributed by atoms with Gasteiger partial charge in [-0.25, -0.2) is 0 Å². The molecule has 7 rings (SSSR count). The number of rotatable bonds is 14. The summed E-state index contributed by atoms with van der Waals surface area (Å²) in [6.45, 7) is 15.7. The van der Waals surface area contributed by atoms with Crippen LogP contribution in [0, 0.1) is 60.4 Å². The Morgan fingerprint density at radius 2 is 1.52 bits per heavy atom. The number of esters is 1. The van der Waals surface area contributed by atoms with E-state index in [1.54, 1.807) is 0 Å². The van der Waals surface area contributed by atoms with E-state index in [1.807, 2.05) is 0 Å². The van der Waals surface area contributed by atoms with Gasteiger partial charge in [0.1, 0.15) is 36.6 Å². The molecule has 16 nitrogen and oxygen atoms in total. The molecule has 0 aromatic rings. The van der Waals surface area contributed by atoms with E-state index in [1.165, 1.54) is 12.5 Å². The fourth-order valence-electron chi connectivity index (χ4n) is 14.3. The van der Waals surface area contributed by atoms with Crippen LogP contribution in [0.25, 0.3) is 0 Å². The first-order chi connectivity index (χ1) is 29.6. The zero-order valence-corrected chi connectivity index (χ0v) is 38.6. The van der Waals surface area contributed by atoms with E-state index in [0.717, 1.165) is 70.6 Å². The van der Waals surface area contributed by atoms with Crippen molar-refractivity contribution in [3.8, 4) is 0 Å². The van der Waals surface area contributed by atoms with Crippen LogP contribution in [0.1, 0.15) is 138 Å². The van der Waals surface area contributed by atoms with Gasteiger partial charge in [0.05, 0.1) is 44.1 Å². The predicted octanol–water partition coefficient (Wildman–Crippen LogP) is 4.75. The third-order valence-electron chi connectivity index (χ3n) is 18.4. The molecule has 0 unspecified atom stereocenters. The number of hydrogen-bond donors (Lipinski definition) is 6. The Bertz CT molecular complexity index is 1680. The third kappa shape index (κ3) is 8.51. The molecule has 4 saturated carbocycles. The molecule has 7 aliphatic rings. The van der Waals surface area contributed by atoms with Crippen molar-refractivity contribution in [3.63, 3.8) is 0 Å². The van der Waals surface area contributed by atoms with E-state index in [-0.39, 0.29) is 59.3 Å². The molecule has 0 amide bonds. The molecule has 5 aliphatic carbocycles. The Morgan fingerprint density at radius 3 is 2.22 bits per heavy atom. The number of aliphatic hydroxyl groups excluding tert-OH is 6. The Labute approximate surface area is 372 Å². The summed E-state index contributed by atoms with van der Waals surface area (Å²) in [4.78, 5) is 29.3. The van der Waals surface area contributed by atoms with Gasteiger partial charge in [-0.2, -0.15) is 0 Å². The smallest absolute Gasteiger partial charge is 0.312 e. The van der Waals surface area contributed by atoms with Gasteiger partial charge in [0, 0.05) is 5.41 Å². The van der Waals surface area contributed by atoms with Crippen LogP contribution in [0.2, 0.25) is 0 Å². The molecule has 360 valence electrons. The molecule has 6 N–H and O–H groups in total. The maximum Gasteiger partial charge on any atom is 0.312 e. The lowest BCUT2D eigenvalue weighted by Gasteiger charge is -2.71. The van der Waals surface area contributed by atoms with Crippen LogP contribution < -0.4 is 0 Å². The average Bonchev–Trinajstić information content (AvgIpc) is 3.23. The van der Waals surface area contributed by atoms with Gasteiger partial charge >= 0.3 is 5.97 Å². The maximum absolute atomic E-state index is 14.4. The quantitative estimate of drug-likeness (QED) is 0.0345. The minimum absolute atomic E-state index is 0.0664. The van der Waals surface area contributed by atoms with Crippen molar-refractivity contribution in [3.05, 3.63) is 21.8 Å². The van der Waals surface area contributed by atoms with Gasteiger partial charge in [-0.05, 0) is 130 Å². The molecular formula is C47H77NO15. The van der Waals surface area contributed by atoms with Crippen molar-refractivity contribution in [2.24, 2.45) is 50.2 Å². The van der Waals surface area contributed by atoms with Crippen molar-refractivity contribution >= 4 is 5.97 Å². The normalized spacial score (nSPS) is 48.1. The summed E-state index contributed by atoms with van der Waals surface area (Å²) in [5.41, 5.74) is -0.176. The van der Waals surface area contributed by atoms with Crippen LogP contribution >= 0.6 is 0 Å². The van der Waals surface area contributed by atoms with Gasteiger partial charge < -0.3 is 59.2 Å². The molecule has 0 bridgehead atoms. The highest BCUT2D eigenvalue weighted by molar-refractivity contribution is 5.78. The van der Waals surface area contributed by atoms with Crippen molar-refractivity contribution in [2.75, 3.05) is 26.4 Å². The SMILES string of the molecule is C[C@H]1O[C@@H](O[C@H]2[C@H](O[C@H]3CC[C@@]4(C)[C@@H](CC[C@]5(C)[C@@H]4CC=C4[C@@H]6CC(C)(C)CC[C@]6(C(=O)OCCCCCCO[N+](=O)[O-])CC[C@]45C)[C@]3(C)CO)OC[C@H](O)[C@@H]2O)[C@H](O)[C@H](O)[C@H]1O. The minimum atomic E-state index is -1.64. The monoisotopic (exact) mass is 896 g/mol. The van der Waals surface area contributed by atoms with Crippen LogP contribution in [0.4, 0.5) is 0 Å². The maximum atomic E-state index is 14.4. The van der Waals surface area contributed by atoms with Crippen molar-refractivity contribution in [1.82, 2.24) is 0 Å². The largest absolute Gasteiger partial charge is 0.465 e. The molecular weight excluding hydrogens is 819 g/mol. The van der Waals surface area contributed by atoms with E-state index >= 15 is 0 Å². The molecule has 18 atom stereocenters. The van der Waals surface area contributed by atoms with Gasteiger partial charge in [-0.1, -0.05) is 59.6 Å². The molecule has 16 heteroatoms. The Morgan fingerprint density at radius 1 is 0.825 bits per heavy atom. The lowest BCUT2D eigenvalue weighted by Crippen LogP contribution is -2.67. The van der Waals surface area contributed by atoms with E-state index in [4.69, 9.17) is 23.7 Å². The van der Waals surface area contributed by atoms with E-state index < -0.39 is 77.3 Å². The molecule has 2 saturated heterocycles. The number of fused-ring (bicyclic) bond motifs is 7. The number of unbranched alkanes of at least 4 members (excludes halogenated alkanes) is 3. The van der Waals surface area contributed by atoms with Gasteiger partial charge in [-0.15, -0.1) is 10.1 Å². The molecule has 2 aliphatic heterocycles. The van der Waals surface area contributed by atoms with Crippen LogP contribution in [0.15, 0.2) is 11.6 Å². The lowest BCUT2D eigenvalue weighted by atomic mass is 9.33. The van der Waals surface area contributed by atoms with Crippen LogP contribution in [0.3, 0.4) is 0 Å². The number of nitrogens with zero attached hydrogens (tertiary/aromatic N) is 1. The Hall–Kier alpha value is -1.99. The van der Waals surface area contributed by atoms with Gasteiger partial charge in [0.25, 0.3) is 5.09 Å². The second-order valence-electron chi connectivity index (χ2n) is 22.3. The summed E-state index contributed by atoms with van der Waals surface area (Å²) in [7, 11) is 0. The average molecular weight is 896 g/mol. The predicted molar refractivity (Wildman–Crippen MR) is 227 cm³/mol. The summed E-state index contributed by atoms with van der Waals surface area (Å²) in [6.07, 6.45) is 1.14. The summed E-state index contributed by atoms with van der Waals surface area (Å²) < 4.78 is 30.6. The molecule has 0 radical (unpaired) electrons. The molecule has 2 heterocycles. The summed E-state index contributed by atoms with van der Waals surface area (Å²) in [5, 5.41) is 74.3. The number of ether oxygens (including phenoxy) is 5. The summed E-state index contributed by atoms with van der Waals surface area (Å²) in [6, 6.07) is 0. The zero-order chi connectivity index (χ0) is 45.9. The Kier molecular flexibility index (Phi) is 14.2. The topological polar surface area (TPSA) is 237 Å². The first kappa shape index (κ1) is 48.9. The van der Waals surface area contributed by atoms with Crippen LogP contribution in [-0.4, -0.2) is 130 Å². The van der Waals surface area contributed by atoms with Crippen LogP contribution in [0.5, 0.6) is 0 Å². The van der Waals surface area contributed by atoms with Gasteiger partial charge in [0.15, 0.2) is 12.6 Å². The number of allylic oxidation sites excluding steroid dienone is 2. The number of carbonyl (C=O) groups excluding carboxylic acids is 1. The Balaban J connectivity index is 1.09. The van der Waals surface area contributed by atoms with Crippen molar-refractivity contribution in [2.45, 2.75) is 200 Å². The van der Waals surface area contributed by atoms with Crippen molar-refractivity contribution < 1.29 is 69.0 Å². The highest BCUT2D eigenvalue weighted by Gasteiger charge is 2.70. The molecule has 0 spiro atoms. The first-order valence-electron chi connectivity index (χ1n) is 23.8. The fraction of sp³-hybridized carbons (Fsp3) is 0.936. The highest BCUT2D eigenvalue weighted by Crippen LogP contribution is 2.76. The highest BCUT2D eigenvalue weighted by atomic mass is 16.9. The summed E-state index contributed by atoms with van der Waals surface area (Å²) in [5.74, 6) is 0.367. The van der Waals surface area contributed by atoms with Crippen molar-refractivity contribution in [1.29, 1.82) is 0 Å². The second kappa shape index (κ2) is 18.2. The first-order valence-corrected chi connectivity index (χ1v) is 23.8. The van der Waals surface area contributed by atoms with E-state index in [0.29, 0.717) is 31.8 Å². The van der Waals surface area contributed by atoms with E-state index in [9.17, 15) is 45.5 Å². The van der Waals surface area contributed by atoms with E-state index in [2.05, 4.69) is 52.5 Å². The number of aliphatic hydroxyl groups is 6. The summed E-state index contributed by atoms with van der Waals surface area (Å²) >= 11 is 0. The van der Waals surface area contributed by atoms with Gasteiger partial charge in [-0.3, -0.25) is 4.79 Å². The lowest BCUT2D eigenvalue weighted by molar-refractivity contribution is -0.757. The molecule has 0 aromatic heterocycles. The standard InChI is InChI=1S/C47H77NO15/c1-27-34(51)36(53)37(54)39(61-27)63-38-35(52)30(50)25-59-40(38)62-33-15-16-43(4)31(44(33,5)26-49)14-17-46(7)32(43)13-12-28-29-24-42(2,3)18-20-47(29,21-19-45(28,46)6)41(55)58-22-10-8-9-11-23-60-48(56)57/h12,27,29-40,49-54H,8-11,13-26H2,1-7H3/t27-,29+,30+,31-,32-,33+,34+,35+,36-,37-,38-,39+,40+,43+,44+,45-,46-,47+/m1/s1. The van der Waals surface area contributed by atoms with Crippen LogP contribution in [-0.2, 0) is 33.3 Å². The number of carbonyl (C=O) groups is 1. The third-order valence-corrected chi connectivity index (χ3v) is 18.4. The molecule has 0 aromatic carbocycles. The second-order valence-corrected chi connectivity index (χ2v) is 22.3. The van der Waals surface area contributed by atoms with Gasteiger partial charge in [0.2, 0.25) is 0 Å². The molecule has 63 heavy (non-hydrogen) atoms. The minimum Gasteiger partial charge on any atom is -0.465 e. The number of hydrogen-bond acceptors (Lipinski definition) is 15. The molecule has 6 fully saturated rings.